The highest BCUT2D eigenvalue weighted by molar-refractivity contribution is 5.64. The lowest BCUT2D eigenvalue weighted by Crippen LogP contribution is -2.04. The molecule has 0 amide bonds. The number of carboxylic acid groups (broad SMARTS) is 1. The van der Waals surface area contributed by atoms with Gasteiger partial charge in [-0.2, -0.15) is 0 Å². The second-order valence-corrected chi connectivity index (χ2v) is 2.92. The van der Waals surface area contributed by atoms with Crippen molar-refractivity contribution < 1.29 is 19.7 Å². The molecule has 0 saturated carbocycles. The van der Waals surface area contributed by atoms with Gasteiger partial charge in [0.25, 0.3) is 0 Å². The Labute approximate surface area is 81.8 Å². The third kappa shape index (κ3) is 1.96. The number of aryl methyl sites for hydroxylation is 1. The summed E-state index contributed by atoms with van der Waals surface area (Å²) >= 11 is 0. The van der Waals surface area contributed by atoms with Crippen LogP contribution in [0.3, 0.4) is 0 Å². The molecule has 0 fully saturated rings. The van der Waals surface area contributed by atoms with Gasteiger partial charge in [0, 0.05) is 0 Å². The Bertz CT molecular complexity index is 357. The molecule has 0 aliphatic rings. The molecule has 0 spiro atoms. The van der Waals surface area contributed by atoms with E-state index in [0.717, 1.165) is 12.0 Å². The number of ether oxygens (including phenoxy) is 1. The largest absolute Gasteiger partial charge is 0.511 e. The zero-order valence-corrected chi connectivity index (χ0v) is 8.07. The molecule has 1 aromatic carbocycles. The molecule has 2 N–H and O–H groups in total. The highest BCUT2D eigenvalue weighted by Crippen LogP contribution is 2.32. The Hall–Kier alpha value is -1.71. The van der Waals surface area contributed by atoms with Gasteiger partial charge in [0.2, 0.25) is 0 Å². The normalized spacial score (nSPS) is 9.86. The van der Waals surface area contributed by atoms with Gasteiger partial charge in [-0.25, -0.2) is 4.79 Å². The molecular weight excluding hydrogens is 184 g/mol. The van der Waals surface area contributed by atoms with Crippen molar-refractivity contribution in [2.75, 3.05) is 0 Å². The Balaban J connectivity index is 3.10. The maximum Gasteiger partial charge on any atom is 0.511 e. The van der Waals surface area contributed by atoms with Crippen molar-refractivity contribution >= 4 is 6.16 Å². The summed E-state index contributed by atoms with van der Waals surface area (Å²) < 4.78 is 4.39. The van der Waals surface area contributed by atoms with E-state index in [2.05, 4.69) is 4.74 Å². The van der Waals surface area contributed by atoms with Crippen molar-refractivity contribution in [2.24, 2.45) is 0 Å². The number of hydrogen-bond donors (Lipinski definition) is 2. The van der Waals surface area contributed by atoms with E-state index in [1.807, 2.05) is 6.92 Å². The van der Waals surface area contributed by atoms with Crippen LogP contribution in [0.15, 0.2) is 12.1 Å². The van der Waals surface area contributed by atoms with Gasteiger partial charge in [-0.1, -0.05) is 13.0 Å². The number of aromatic hydroxyl groups is 1. The molecule has 0 aliphatic heterocycles. The Morgan fingerprint density at radius 2 is 2.14 bits per heavy atom. The van der Waals surface area contributed by atoms with E-state index in [1.165, 1.54) is 6.07 Å². The van der Waals surface area contributed by atoms with E-state index >= 15 is 0 Å². The number of hydrogen-bond acceptors (Lipinski definition) is 3. The predicted molar refractivity (Wildman–Crippen MR) is 50.9 cm³/mol. The lowest BCUT2D eigenvalue weighted by atomic mass is 10.1. The fourth-order valence-corrected chi connectivity index (χ4v) is 1.28. The van der Waals surface area contributed by atoms with Crippen molar-refractivity contribution in [1.29, 1.82) is 0 Å². The summed E-state index contributed by atoms with van der Waals surface area (Å²) in [5.74, 6) is -0.126. The number of rotatable bonds is 2. The predicted octanol–water partition coefficient (Wildman–Crippen LogP) is 2.32. The van der Waals surface area contributed by atoms with Crippen molar-refractivity contribution in [3.8, 4) is 11.5 Å². The Morgan fingerprint density at radius 1 is 1.50 bits per heavy atom. The second-order valence-electron chi connectivity index (χ2n) is 2.92. The third-order valence-electron chi connectivity index (χ3n) is 2.08. The molecule has 0 unspecified atom stereocenters. The van der Waals surface area contributed by atoms with Gasteiger partial charge in [0.1, 0.15) is 0 Å². The number of carbonyl (C=O) groups is 1. The Kier molecular flexibility index (Phi) is 2.96. The topological polar surface area (TPSA) is 66.8 Å². The monoisotopic (exact) mass is 196 g/mol. The van der Waals surface area contributed by atoms with Crippen LogP contribution in [0.2, 0.25) is 0 Å². The van der Waals surface area contributed by atoms with Crippen LogP contribution in [0.5, 0.6) is 11.5 Å². The summed E-state index contributed by atoms with van der Waals surface area (Å²) in [6.07, 6.45) is -0.642. The highest BCUT2D eigenvalue weighted by atomic mass is 16.7. The van der Waals surface area contributed by atoms with Crippen LogP contribution in [0.1, 0.15) is 18.1 Å². The molecule has 0 atom stereocenters. The van der Waals surface area contributed by atoms with Crippen molar-refractivity contribution in [3.05, 3.63) is 23.3 Å². The molecule has 0 aromatic heterocycles. The van der Waals surface area contributed by atoms with E-state index < -0.39 is 6.16 Å². The van der Waals surface area contributed by atoms with Gasteiger partial charge in [0.05, 0.1) is 0 Å². The van der Waals surface area contributed by atoms with E-state index in [-0.39, 0.29) is 11.5 Å². The molecule has 0 saturated heterocycles. The molecule has 14 heavy (non-hydrogen) atoms. The summed E-state index contributed by atoms with van der Waals surface area (Å²) in [6.45, 7) is 3.68. The molecule has 0 radical (unpaired) electrons. The zero-order valence-electron chi connectivity index (χ0n) is 8.07. The average molecular weight is 196 g/mol. The molecule has 4 nitrogen and oxygen atoms in total. The maximum atomic E-state index is 10.3. The zero-order chi connectivity index (χ0) is 10.7. The number of benzene rings is 1. The average Bonchev–Trinajstić information content (AvgIpc) is 2.13. The summed E-state index contributed by atoms with van der Waals surface area (Å²) in [5.41, 5.74) is 1.63. The number of phenolic OH excluding ortho intramolecular Hbond substituents is 1. The molecule has 0 aliphatic carbocycles. The smallest absolute Gasteiger partial charge is 0.504 e. The van der Waals surface area contributed by atoms with E-state index in [4.69, 9.17) is 5.11 Å². The lowest BCUT2D eigenvalue weighted by Gasteiger charge is -2.08. The van der Waals surface area contributed by atoms with Crippen molar-refractivity contribution in [3.63, 3.8) is 0 Å². The maximum absolute atomic E-state index is 10.3. The highest BCUT2D eigenvalue weighted by Gasteiger charge is 2.11. The quantitative estimate of drug-likeness (QED) is 0.562. The molecule has 0 heterocycles. The van der Waals surface area contributed by atoms with E-state index in [0.29, 0.717) is 5.56 Å². The molecule has 4 heteroatoms. The summed E-state index contributed by atoms with van der Waals surface area (Å²) in [4.78, 5) is 10.3. The first-order valence-electron chi connectivity index (χ1n) is 4.28. The van der Waals surface area contributed by atoms with Crippen molar-refractivity contribution in [2.45, 2.75) is 20.3 Å². The van der Waals surface area contributed by atoms with Gasteiger partial charge < -0.3 is 14.9 Å². The first-order valence-corrected chi connectivity index (χ1v) is 4.28. The van der Waals surface area contributed by atoms with Gasteiger partial charge in [0.15, 0.2) is 11.5 Å². The molecule has 0 bridgehead atoms. The minimum Gasteiger partial charge on any atom is -0.504 e. The SMILES string of the molecule is CCc1ccc(OC(=O)O)c(O)c1C. The number of phenols is 1. The van der Waals surface area contributed by atoms with E-state index in [9.17, 15) is 9.90 Å². The van der Waals surface area contributed by atoms with Crippen molar-refractivity contribution in [1.82, 2.24) is 0 Å². The van der Waals surface area contributed by atoms with Crippen LogP contribution in [0, 0.1) is 6.92 Å². The Morgan fingerprint density at radius 3 is 2.64 bits per heavy atom. The van der Waals surface area contributed by atoms with Crippen LogP contribution in [0.25, 0.3) is 0 Å². The van der Waals surface area contributed by atoms with Gasteiger partial charge >= 0.3 is 6.16 Å². The van der Waals surface area contributed by atoms with Gasteiger partial charge in [-0.3, -0.25) is 0 Å². The van der Waals surface area contributed by atoms with Crippen LogP contribution in [-0.2, 0) is 6.42 Å². The summed E-state index contributed by atoms with van der Waals surface area (Å²) in [5, 5.41) is 17.9. The fourth-order valence-electron chi connectivity index (χ4n) is 1.28. The van der Waals surface area contributed by atoms with Crippen LogP contribution in [-0.4, -0.2) is 16.4 Å². The lowest BCUT2D eigenvalue weighted by molar-refractivity contribution is 0.143. The van der Waals surface area contributed by atoms with E-state index in [1.54, 1.807) is 13.0 Å². The fraction of sp³-hybridized carbons (Fsp3) is 0.300. The van der Waals surface area contributed by atoms with Crippen LogP contribution in [0.4, 0.5) is 4.79 Å². The standard InChI is InChI=1S/C10H12O4/c1-3-7-4-5-8(14-10(12)13)9(11)6(7)2/h4-5,11H,3H2,1-2H3,(H,12,13). The molecular formula is C10H12O4. The third-order valence-corrected chi connectivity index (χ3v) is 2.08. The first kappa shape index (κ1) is 10.4. The van der Waals surface area contributed by atoms with Gasteiger partial charge in [-0.05, 0) is 30.5 Å². The van der Waals surface area contributed by atoms with Crippen LogP contribution >= 0.6 is 0 Å². The second kappa shape index (κ2) is 4.00. The summed E-state index contributed by atoms with van der Waals surface area (Å²) in [6, 6.07) is 3.20. The minimum absolute atomic E-state index is 0.0211. The first-order chi connectivity index (χ1) is 6.56. The molecule has 1 aromatic rings. The molecule has 76 valence electrons. The molecule has 1 rings (SSSR count). The summed E-state index contributed by atoms with van der Waals surface area (Å²) in [7, 11) is 0. The van der Waals surface area contributed by atoms with Gasteiger partial charge in [-0.15, -0.1) is 0 Å². The minimum atomic E-state index is -1.43. The van der Waals surface area contributed by atoms with Crippen LogP contribution < -0.4 is 4.74 Å².